The van der Waals surface area contributed by atoms with Crippen LogP contribution in [-0.4, -0.2) is 10.1 Å². The zero-order chi connectivity index (χ0) is 14.1. The highest BCUT2D eigenvalue weighted by molar-refractivity contribution is 9.10. The van der Waals surface area contributed by atoms with Crippen LogP contribution in [0.1, 0.15) is 17.2 Å². The summed E-state index contributed by atoms with van der Waals surface area (Å²) in [7, 11) is 0. The maximum atomic E-state index is 10.6. The van der Waals surface area contributed by atoms with E-state index in [4.69, 9.17) is 11.6 Å². The molecule has 3 rings (SSSR count). The van der Waals surface area contributed by atoms with E-state index in [9.17, 15) is 5.11 Å². The van der Waals surface area contributed by atoms with Crippen molar-refractivity contribution in [1.82, 2.24) is 4.98 Å². The average Bonchev–Trinajstić information content (AvgIpc) is 2.49. The van der Waals surface area contributed by atoms with Gasteiger partial charge >= 0.3 is 0 Å². The quantitative estimate of drug-likeness (QED) is 0.726. The molecule has 4 heteroatoms. The van der Waals surface area contributed by atoms with Crippen molar-refractivity contribution >= 4 is 38.4 Å². The fraction of sp³-hybridized carbons (Fsp3) is 0.0625. The maximum absolute atomic E-state index is 10.6. The van der Waals surface area contributed by atoms with Crippen molar-refractivity contribution < 1.29 is 5.11 Å². The zero-order valence-corrected chi connectivity index (χ0v) is 12.8. The summed E-state index contributed by atoms with van der Waals surface area (Å²) in [5.74, 6) is 0. The number of aliphatic hydroxyl groups excluding tert-OH is 1. The molecule has 1 N–H and O–H groups in total. The van der Waals surface area contributed by atoms with Crippen molar-refractivity contribution in [3.8, 4) is 0 Å². The topological polar surface area (TPSA) is 33.1 Å². The minimum atomic E-state index is -0.807. The van der Waals surface area contributed by atoms with Gasteiger partial charge in [-0.1, -0.05) is 48.0 Å². The van der Waals surface area contributed by atoms with Gasteiger partial charge in [-0.3, -0.25) is 4.98 Å². The van der Waals surface area contributed by atoms with Crippen LogP contribution in [0.25, 0.3) is 10.9 Å². The highest BCUT2D eigenvalue weighted by Gasteiger charge is 2.18. The normalized spacial score (nSPS) is 12.6. The van der Waals surface area contributed by atoms with Gasteiger partial charge in [-0.2, -0.15) is 0 Å². The van der Waals surface area contributed by atoms with E-state index in [-0.39, 0.29) is 0 Å². The van der Waals surface area contributed by atoms with Gasteiger partial charge in [0.25, 0.3) is 0 Å². The Labute approximate surface area is 130 Å². The van der Waals surface area contributed by atoms with Crippen LogP contribution in [0.2, 0.25) is 5.02 Å². The molecule has 2 nitrogen and oxygen atoms in total. The van der Waals surface area contributed by atoms with Crippen molar-refractivity contribution in [3.05, 3.63) is 75.4 Å². The molecule has 1 aromatic heterocycles. The predicted octanol–water partition coefficient (Wildman–Crippen LogP) is 4.73. The molecular weight excluding hydrogens is 338 g/mol. The van der Waals surface area contributed by atoms with Crippen LogP contribution in [0.3, 0.4) is 0 Å². The lowest BCUT2D eigenvalue weighted by molar-refractivity contribution is 0.221. The number of aromatic nitrogens is 1. The summed E-state index contributed by atoms with van der Waals surface area (Å²) in [6, 6.07) is 15.1. The molecule has 0 aliphatic rings. The van der Waals surface area contributed by atoms with Gasteiger partial charge < -0.3 is 5.11 Å². The Morgan fingerprint density at radius 1 is 1.00 bits per heavy atom. The SMILES string of the molecule is OC(c1cccc(Br)c1Cl)c1cccc2cccnc12. The minimum Gasteiger partial charge on any atom is -0.384 e. The van der Waals surface area contributed by atoms with Crippen molar-refractivity contribution in [2.45, 2.75) is 6.10 Å². The second-order valence-corrected chi connectivity index (χ2v) is 5.70. The molecule has 3 aromatic rings. The molecule has 0 saturated carbocycles. The van der Waals surface area contributed by atoms with Crippen molar-refractivity contribution in [2.24, 2.45) is 0 Å². The molecule has 20 heavy (non-hydrogen) atoms. The first-order valence-corrected chi connectivity index (χ1v) is 7.31. The van der Waals surface area contributed by atoms with E-state index < -0.39 is 6.10 Å². The molecule has 0 amide bonds. The fourth-order valence-electron chi connectivity index (χ4n) is 2.25. The van der Waals surface area contributed by atoms with E-state index in [2.05, 4.69) is 20.9 Å². The van der Waals surface area contributed by atoms with Crippen molar-refractivity contribution in [2.75, 3.05) is 0 Å². The summed E-state index contributed by atoms with van der Waals surface area (Å²) in [5.41, 5.74) is 2.21. The van der Waals surface area contributed by atoms with E-state index in [0.717, 1.165) is 20.9 Å². The monoisotopic (exact) mass is 347 g/mol. The largest absolute Gasteiger partial charge is 0.384 e. The first-order valence-electron chi connectivity index (χ1n) is 6.14. The van der Waals surface area contributed by atoms with Crippen molar-refractivity contribution in [1.29, 1.82) is 0 Å². The molecule has 2 aromatic carbocycles. The van der Waals surface area contributed by atoms with E-state index in [1.165, 1.54) is 0 Å². The molecule has 1 heterocycles. The van der Waals surface area contributed by atoms with Gasteiger partial charge in [-0.15, -0.1) is 0 Å². The molecule has 0 aliphatic carbocycles. The molecule has 0 bridgehead atoms. The van der Waals surface area contributed by atoms with Gasteiger partial charge in [0.2, 0.25) is 0 Å². The average molecular weight is 349 g/mol. The standard InChI is InChI=1S/C16H11BrClNO/c17-13-8-2-6-11(14(13)18)16(20)12-7-1-4-10-5-3-9-19-15(10)12/h1-9,16,20H. The van der Waals surface area contributed by atoms with Gasteiger partial charge in [0, 0.05) is 27.2 Å². The van der Waals surface area contributed by atoms with E-state index >= 15 is 0 Å². The number of pyridine rings is 1. The molecule has 0 aliphatic heterocycles. The van der Waals surface area contributed by atoms with E-state index in [0.29, 0.717) is 10.6 Å². The third-order valence-corrected chi connectivity index (χ3v) is 4.55. The van der Waals surface area contributed by atoms with Crippen LogP contribution in [0, 0.1) is 0 Å². The number of hydrogen-bond acceptors (Lipinski definition) is 2. The molecule has 0 radical (unpaired) electrons. The summed E-state index contributed by atoms with van der Waals surface area (Å²) >= 11 is 9.64. The molecule has 0 fully saturated rings. The number of rotatable bonds is 2. The van der Waals surface area contributed by atoms with Gasteiger partial charge in [-0.25, -0.2) is 0 Å². The van der Waals surface area contributed by atoms with Crippen LogP contribution in [0.4, 0.5) is 0 Å². The van der Waals surface area contributed by atoms with Gasteiger partial charge in [-0.05, 0) is 28.1 Å². The number of nitrogens with zero attached hydrogens (tertiary/aromatic N) is 1. The summed E-state index contributed by atoms with van der Waals surface area (Å²) in [4.78, 5) is 4.37. The van der Waals surface area contributed by atoms with E-state index in [1.54, 1.807) is 6.20 Å². The van der Waals surface area contributed by atoms with Gasteiger partial charge in [0.15, 0.2) is 0 Å². The van der Waals surface area contributed by atoms with Crippen molar-refractivity contribution in [3.63, 3.8) is 0 Å². The van der Waals surface area contributed by atoms with Crippen LogP contribution in [0.15, 0.2) is 59.2 Å². The lowest BCUT2D eigenvalue weighted by atomic mass is 9.99. The summed E-state index contributed by atoms with van der Waals surface area (Å²) < 4.78 is 0.768. The minimum absolute atomic E-state index is 0.521. The second-order valence-electron chi connectivity index (χ2n) is 4.47. The number of fused-ring (bicyclic) bond motifs is 1. The third kappa shape index (κ3) is 2.33. The Kier molecular flexibility index (Phi) is 3.74. The molecule has 0 spiro atoms. The third-order valence-electron chi connectivity index (χ3n) is 3.23. The smallest absolute Gasteiger partial charge is 0.108 e. The maximum Gasteiger partial charge on any atom is 0.108 e. The fourth-order valence-corrected chi connectivity index (χ4v) is 2.86. The first kappa shape index (κ1) is 13.6. The number of hydrogen-bond donors (Lipinski definition) is 1. The van der Waals surface area contributed by atoms with Crippen LogP contribution >= 0.6 is 27.5 Å². The van der Waals surface area contributed by atoms with Gasteiger partial charge in [0.1, 0.15) is 6.10 Å². The van der Waals surface area contributed by atoms with Crippen LogP contribution < -0.4 is 0 Å². The predicted molar refractivity (Wildman–Crippen MR) is 85.0 cm³/mol. The Hall–Kier alpha value is -1.42. The van der Waals surface area contributed by atoms with E-state index in [1.807, 2.05) is 48.5 Å². The molecule has 1 unspecified atom stereocenters. The zero-order valence-electron chi connectivity index (χ0n) is 10.4. The summed E-state index contributed by atoms with van der Waals surface area (Å²) in [6.07, 6.45) is 0.916. The highest BCUT2D eigenvalue weighted by Crippen LogP contribution is 2.35. The number of para-hydroxylation sites is 1. The molecule has 0 saturated heterocycles. The highest BCUT2D eigenvalue weighted by atomic mass is 79.9. The number of aliphatic hydroxyl groups is 1. The Bertz CT molecular complexity index is 770. The second kappa shape index (κ2) is 5.52. The van der Waals surface area contributed by atoms with Crippen LogP contribution in [-0.2, 0) is 0 Å². The Morgan fingerprint density at radius 2 is 1.70 bits per heavy atom. The summed E-state index contributed by atoms with van der Waals surface area (Å²) in [5, 5.41) is 12.2. The first-order chi connectivity index (χ1) is 9.68. The lowest BCUT2D eigenvalue weighted by Gasteiger charge is -2.15. The molecule has 1 atom stereocenters. The molecular formula is C16H11BrClNO. The lowest BCUT2D eigenvalue weighted by Crippen LogP contribution is -2.02. The van der Waals surface area contributed by atoms with Gasteiger partial charge in [0.05, 0.1) is 10.5 Å². The van der Waals surface area contributed by atoms with Crippen LogP contribution in [0.5, 0.6) is 0 Å². The Balaban J connectivity index is 2.18. The summed E-state index contributed by atoms with van der Waals surface area (Å²) in [6.45, 7) is 0. The molecule has 100 valence electrons. The Morgan fingerprint density at radius 3 is 2.55 bits per heavy atom. The number of halogens is 2. The number of benzene rings is 2.